The van der Waals surface area contributed by atoms with Crippen LogP contribution >= 0.6 is 0 Å². The fourth-order valence-electron chi connectivity index (χ4n) is 1.05. The molecule has 0 heterocycles. The van der Waals surface area contributed by atoms with Gasteiger partial charge in [-0.3, -0.25) is 0 Å². The molecule has 0 aliphatic heterocycles. The summed E-state index contributed by atoms with van der Waals surface area (Å²) in [6, 6.07) is 0. The van der Waals surface area contributed by atoms with Gasteiger partial charge in [0.25, 0.3) is 0 Å². The Morgan fingerprint density at radius 3 is 2.36 bits per heavy atom. The number of aldehydes is 1. The third kappa shape index (κ3) is 5.95. The SMILES string of the molecule is CCCC(C=O)CC(C)(F)F. The summed E-state index contributed by atoms with van der Waals surface area (Å²) in [5, 5.41) is 0. The average Bonchev–Trinajstić information content (AvgIpc) is 1.84. The third-order valence-corrected chi connectivity index (χ3v) is 1.47. The number of halogens is 2. The van der Waals surface area contributed by atoms with E-state index in [9.17, 15) is 13.6 Å². The molecule has 0 aliphatic rings. The van der Waals surface area contributed by atoms with E-state index < -0.39 is 11.8 Å². The lowest BCUT2D eigenvalue weighted by Gasteiger charge is -2.14. The minimum atomic E-state index is -2.71. The number of carbonyl (C=O) groups is 1. The van der Waals surface area contributed by atoms with Gasteiger partial charge in [-0.1, -0.05) is 13.3 Å². The van der Waals surface area contributed by atoms with Gasteiger partial charge in [0, 0.05) is 12.3 Å². The summed E-state index contributed by atoms with van der Waals surface area (Å²) in [5.74, 6) is -3.18. The van der Waals surface area contributed by atoms with Crippen LogP contribution in [0.5, 0.6) is 0 Å². The van der Waals surface area contributed by atoms with Crippen LogP contribution in [0.25, 0.3) is 0 Å². The quantitative estimate of drug-likeness (QED) is 0.571. The van der Waals surface area contributed by atoms with Crippen molar-refractivity contribution in [2.45, 2.75) is 39.0 Å². The molecule has 0 aliphatic carbocycles. The monoisotopic (exact) mass is 164 g/mol. The number of carbonyl (C=O) groups excluding carboxylic acids is 1. The molecule has 0 radical (unpaired) electrons. The second kappa shape index (κ2) is 4.42. The Kier molecular flexibility index (Phi) is 4.23. The molecule has 0 amide bonds. The largest absolute Gasteiger partial charge is 0.303 e. The number of rotatable bonds is 5. The van der Waals surface area contributed by atoms with E-state index in [0.29, 0.717) is 12.7 Å². The van der Waals surface area contributed by atoms with Crippen molar-refractivity contribution in [3.63, 3.8) is 0 Å². The predicted molar refractivity (Wildman–Crippen MR) is 39.7 cm³/mol. The average molecular weight is 164 g/mol. The first-order valence-corrected chi connectivity index (χ1v) is 3.82. The van der Waals surface area contributed by atoms with E-state index in [-0.39, 0.29) is 6.42 Å². The van der Waals surface area contributed by atoms with Crippen LogP contribution in [0.3, 0.4) is 0 Å². The van der Waals surface area contributed by atoms with Gasteiger partial charge in [0.2, 0.25) is 5.92 Å². The lowest BCUT2D eigenvalue weighted by Crippen LogP contribution is -2.17. The third-order valence-electron chi connectivity index (χ3n) is 1.47. The second-order valence-electron chi connectivity index (χ2n) is 2.96. The van der Waals surface area contributed by atoms with Gasteiger partial charge in [0.1, 0.15) is 6.29 Å². The van der Waals surface area contributed by atoms with Crippen molar-refractivity contribution >= 4 is 6.29 Å². The highest BCUT2D eigenvalue weighted by Crippen LogP contribution is 2.23. The van der Waals surface area contributed by atoms with Crippen LogP contribution in [0.4, 0.5) is 8.78 Å². The van der Waals surface area contributed by atoms with E-state index in [1.807, 2.05) is 6.92 Å². The first-order chi connectivity index (χ1) is 4.99. The van der Waals surface area contributed by atoms with Crippen molar-refractivity contribution in [3.8, 4) is 0 Å². The molecule has 3 heteroatoms. The van der Waals surface area contributed by atoms with Gasteiger partial charge in [-0.25, -0.2) is 8.78 Å². The Morgan fingerprint density at radius 2 is 2.09 bits per heavy atom. The molecule has 0 spiro atoms. The van der Waals surface area contributed by atoms with Crippen LogP contribution in [0.1, 0.15) is 33.1 Å². The highest BCUT2D eigenvalue weighted by molar-refractivity contribution is 5.53. The zero-order valence-corrected chi connectivity index (χ0v) is 6.94. The Hall–Kier alpha value is -0.470. The molecule has 0 rings (SSSR count). The molecule has 0 aromatic rings. The van der Waals surface area contributed by atoms with Crippen molar-refractivity contribution in [1.82, 2.24) is 0 Å². The maximum absolute atomic E-state index is 12.3. The molecule has 0 saturated heterocycles. The van der Waals surface area contributed by atoms with Gasteiger partial charge >= 0.3 is 0 Å². The second-order valence-corrected chi connectivity index (χ2v) is 2.96. The van der Waals surface area contributed by atoms with Crippen molar-refractivity contribution in [2.24, 2.45) is 5.92 Å². The van der Waals surface area contributed by atoms with Crippen molar-refractivity contribution < 1.29 is 13.6 Å². The van der Waals surface area contributed by atoms with Crippen LogP contribution in [-0.4, -0.2) is 12.2 Å². The van der Waals surface area contributed by atoms with Crippen molar-refractivity contribution in [2.75, 3.05) is 0 Å². The molecule has 1 atom stereocenters. The highest BCUT2D eigenvalue weighted by atomic mass is 19.3. The molecule has 1 unspecified atom stereocenters. The summed E-state index contributed by atoms with van der Waals surface area (Å²) in [6.07, 6.45) is 1.65. The number of alkyl halides is 2. The number of hydrogen-bond donors (Lipinski definition) is 0. The molecule has 66 valence electrons. The minimum Gasteiger partial charge on any atom is -0.303 e. The van der Waals surface area contributed by atoms with Crippen molar-refractivity contribution in [3.05, 3.63) is 0 Å². The van der Waals surface area contributed by atoms with Crippen LogP contribution in [0.2, 0.25) is 0 Å². The van der Waals surface area contributed by atoms with Gasteiger partial charge < -0.3 is 4.79 Å². The maximum atomic E-state index is 12.3. The number of hydrogen-bond acceptors (Lipinski definition) is 1. The van der Waals surface area contributed by atoms with E-state index in [1.165, 1.54) is 0 Å². The normalized spacial score (nSPS) is 14.5. The van der Waals surface area contributed by atoms with Gasteiger partial charge in [0.05, 0.1) is 0 Å². The minimum absolute atomic E-state index is 0.315. The van der Waals surface area contributed by atoms with Gasteiger partial charge in [-0.15, -0.1) is 0 Å². The van der Waals surface area contributed by atoms with Crippen molar-refractivity contribution in [1.29, 1.82) is 0 Å². The standard InChI is InChI=1S/C8H14F2O/c1-3-4-7(6-11)5-8(2,9)10/h6-7H,3-5H2,1-2H3. The molecule has 0 fully saturated rings. The Morgan fingerprint density at radius 1 is 1.55 bits per heavy atom. The molecule has 0 aromatic carbocycles. The van der Waals surface area contributed by atoms with E-state index in [0.717, 1.165) is 13.3 Å². The fourth-order valence-corrected chi connectivity index (χ4v) is 1.05. The van der Waals surface area contributed by atoms with Crippen LogP contribution in [-0.2, 0) is 4.79 Å². The lowest BCUT2D eigenvalue weighted by atomic mass is 9.98. The lowest BCUT2D eigenvalue weighted by molar-refractivity contribution is -0.114. The summed E-state index contributed by atoms with van der Waals surface area (Å²) in [4.78, 5) is 10.2. The first-order valence-electron chi connectivity index (χ1n) is 3.82. The summed E-state index contributed by atoms with van der Waals surface area (Å²) in [7, 11) is 0. The molecular weight excluding hydrogens is 150 g/mol. The van der Waals surface area contributed by atoms with Gasteiger partial charge in [-0.05, 0) is 13.3 Å². The van der Waals surface area contributed by atoms with Gasteiger partial charge in [0.15, 0.2) is 0 Å². The van der Waals surface area contributed by atoms with Crippen LogP contribution in [0.15, 0.2) is 0 Å². The van der Waals surface area contributed by atoms with Gasteiger partial charge in [-0.2, -0.15) is 0 Å². The summed E-state index contributed by atoms with van der Waals surface area (Å²) >= 11 is 0. The Bertz CT molecular complexity index is 118. The van der Waals surface area contributed by atoms with E-state index in [1.54, 1.807) is 0 Å². The molecule has 0 aromatic heterocycles. The van der Waals surface area contributed by atoms with E-state index >= 15 is 0 Å². The Labute approximate surface area is 65.8 Å². The first kappa shape index (κ1) is 10.5. The molecule has 11 heavy (non-hydrogen) atoms. The fraction of sp³-hybridized carbons (Fsp3) is 0.875. The topological polar surface area (TPSA) is 17.1 Å². The van der Waals surface area contributed by atoms with Crippen LogP contribution in [0, 0.1) is 5.92 Å². The zero-order valence-electron chi connectivity index (χ0n) is 6.94. The molecule has 0 bridgehead atoms. The zero-order chi connectivity index (χ0) is 8.91. The summed E-state index contributed by atoms with van der Waals surface area (Å²) in [5.41, 5.74) is 0. The molecular formula is C8H14F2O. The molecule has 1 nitrogen and oxygen atoms in total. The molecule has 0 saturated carbocycles. The predicted octanol–water partition coefficient (Wildman–Crippen LogP) is 2.65. The van der Waals surface area contributed by atoms with E-state index in [2.05, 4.69) is 0 Å². The smallest absolute Gasteiger partial charge is 0.246 e. The maximum Gasteiger partial charge on any atom is 0.246 e. The highest BCUT2D eigenvalue weighted by Gasteiger charge is 2.25. The van der Waals surface area contributed by atoms with E-state index in [4.69, 9.17) is 0 Å². The molecule has 0 N–H and O–H groups in total. The van der Waals surface area contributed by atoms with Crippen LogP contribution < -0.4 is 0 Å². The summed E-state index contributed by atoms with van der Waals surface area (Å²) in [6.45, 7) is 2.73. The Balaban J connectivity index is 3.77. The summed E-state index contributed by atoms with van der Waals surface area (Å²) < 4.78 is 24.6.